The van der Waals surface area contributed by atoms with Crippen molar-refractivity contribution >= 4 is 28.9 Å². The van der Waals surface area contributed by atoms with Crippen LogP contribution in [0.4, 0.5) is 5.95 Å². The Bertz CT molecular complexity index is 629. The molecule has 0 unspecified atom stereocenters. The maximum absolute atomic E-state index is 11.7. The second kappa shape index (κ2) is 5.24. The number of aromatic amines is 2. The van der Waals surface area contributed by atoms with Gasteiger partial charge in [-0.1, -0.05) is 31.0 Å². The lowest BCUT2D eigenvalue weighted by Gasteiger charge is -2.20. The second-order valence-corrected chi connectivity index (χ2v) is 6.01. The monoisotopic (exact) mass is 279 g/mol. The lowest BCUT2D eigenvalue weighted by atomic mass is 9.91. The van der Waals surface area contributed by atoms with Gasteiger partial charge in [-0.15, -0.1) is 0 Å². The maximum atomic E-state index is 11.7. The van der Waals surface area contributed by atoms with Gasteiger partial charge in [0.25, 0.3) is 5.56 Å². The molecule has 0 radical (unpaired) electrons. The molecule has 19 heavy (non-hydrogen) atoms. The molecular formula is C12H17N5OS. The van der Waals surface area contributed by atoms with Crippen molar-refractivity contribution < 1.29 is 0 Å². The number of H-pyrrole nitrogens is 2. The minimum Gasteiger partial charge on any atom is -0.369 e. The molecule has 7 heteroatoms. The number of aromatic nitrogens is 4. The predicted molar refractivity (Wildman–Crippen MR) is 76.2 cm³/mol. The first-order valence-electron chi connectivity index (χ1n) is 6.60. The van der Waals surface area contributed by atoms with E-state index >= 15 is 0 Å². The van der Waals surface area contributed by atoms with Gasteiger partial charge in [0.2, 0.25) is 5.95 Å². The van der Waals surface area contributed by atoms with Gasteiger partial charge in [0.05, 0.1) is 0 Å². The lowest BCUT2D eigenvalue weighted by molar-refractivity contribution is 0.391. The Kier molecular flexibility index (Phi) is 3.46. The van der Waals surface area contributed by atoms with E-state index in [-0.39, 0.29) is 11.5 Å². The number of rotatable bonds is 3. The van der Waals surface area contributed by atoms with Crippen LogP contribution in [0.5, 0.6) is 0 Å². The molecule has 1 saturated carbocycles. The van der Waals surface area contributed by atoms with Crippen LogP contribution >= 0.6 is 11.8 Å². The second-order valence-electron chi connectivity index (χ2n) is 5.01. The van der Waals surface area contributed by atoms with Crippen LogP contribution in [0.3, 0.4) is 0 Å². The molecule has 2 aromatic rings. The van der Waals surface area contributed by atoms with Gasteiger partial charge in [0.15, 0.2) is 16.3 Å². The van der Waals surface area contributed by atoms with E-state index in [1.165, 1.54) is 32.1 Å². The Morgan fingerprint density at radius 2 is 2.00 bits per heavy atom. The molecule has 0 aliphatic heterocycles. The number of thioether (sulfide) groups is 1. The molecule has 6 nitrogen and oxygen atoms in total. The molecule has 0 spiro atoms. The van der Waals surface area contributed by atoms with Crippen LogP contribution in [0.15, 0.2) is 9.95 Å². The third-order valence-electron chi connectivity index (χ3n) is 3.53. The fraction of sp³-hybridized carbons (Fsp3) is 0.583. The molecule has 4 N–H and O–H groups in total. The highest BCUT2D eigenvalue weighted by Gasteiger charge is 2.15. The number of imidazole rings is 1. The zero-order valence-corrected chi connectivity index (χ0v) is 11.4. The molecule has 1 aliphatic carbocycles. The molecule has 1 aliphatic rings. The summed E-state index contributed by atoms with van der Waals surface area (Å²) < 4.78 is 0. The molecule has 3 rings (SSSR count). The molecule has 2 aromatic heterocycles. The zero-order valence-electron chi connectivity index (χ0n) is 10.6. The summed E-state index contributed by atoms with van der Waals surface area (Å²) >= 11 is 1.67. The first kappa shape index (κ1) is 12.5. The van der Waals surface area contributed by atoms with Gasteiger partial charge >= 0.3 is 0 Å². The molecule has 0 atom stereocenters. The van der Waals surface area contributed by atoms with Gasteiger partial charge < -0.3 is 10.7 Å². The molecule has 0 aromatic carbocycles. The SMILES string of the molecule is Nc1nc2[nH]c(SCC3CCCCC3)nc2c(=O)[nH]1. The molecule has 0 bridgehead atoms. The summed E-state index contributed by atoms with van der Waals surface area (Å²) in [7, 11) is 0. The van der Waals surface area contributed by atoms with Crippen molar-refractivity contribution in [1.29, 1.82) is 0 Å². The summed E-state index contributed by atoms with van der Waals surface area (Å²) in [6.45, 7) is 0. The summed E-state index contributed by atoms with van der Waals surface area (Å²) in [4.78, 5) is 25.5. The van der Waals surface area contributed by atoms with Gasteiger partial charge in [-0.2, -0.15) is 4.98 Å². The zero-order chi connectivity index (χ0) is 13.2. The summed E-state index contributed by atoms with van der Waals surface area (Å²) in [6.07, 6.45) is 6.65. The third-order valence-corrected chi connectivity index (χ3v) is 4.64. The first-order valence-corrected chi connectivity index (χ1v) is 7.59. The Morgan fingerprint density at radius 1 is 1.21 bits per heavy atom. The number of nitrogens with two attached hydrogens (primary N) is 1. The van der Waals surface area contributed by atoms with Crippen LogP contribution in [-0.4, -0.2) is 25.7 Å². The highest BCUT2D eigenvalue weighted by molar-refractivity contribution is 7.99. The summed E-state index contributed by atoms with van der Waals surface area (Å²) in [5, 5.41) is 0.754. The highest BCUT2D eigenvalue weighted by Crippen LogP contribution is 2.29. The Hall–Kier alpha value is -1.50. The van der Waals surface area contributed by atoms with E-state index in [9.17, 15) is 4.79 Å². The predicted octanol–water partition coefficient (Wildman–Crippen LogP) is 1.90. The van der Waals surface area contributed by atoms with Crippen molar-refractivity contribution in [2.75, 3.05) is 11.5 Å². The Balaban J connectivity index is 1.74. The van der Waals surface area contributed by atoms with E-state index in [4.69, 9.17) is 5.73 Å². The van der Waals surface area contributed by atoms with E-state index in [1.54, 1.807) is 11.8 Å². The van der Waals surface area contributed by atoms with Crippen LogP contribution in [0.1, 0.15) is 32.1 Å². The van der Waals surface area contributed by atoms with Crippen molar-refractivity contribution in [3.05, 3.63) is 10.4 Å². The topological polar surface area (TPSA) is 100 Å². The van der Waals surface area contributed by atoms with Crippen molar-refractivity contribution in [1.82, 2.24) is 19.9 Å². The largest absolute Gasteiger partial charge is 0.369 e. The average Bonchev–Trinajstić information content (AvgIpc) is 2.81. The number of nitrogens with one attached hydrogen (secondary N) is 2. The van der Waals surface area contributed by atoms with Gasteiger partial charge in [0.1, 0.15) is 0 Å². The van der Waals surface area contributed by atoms with Crippen LogP contribution in [0.2, 0.25) is 0 Å². The quantitative estimate of drug-likeness (QED) is 0.745. The summed E-state index contributed by atoms with van der Waals surface area (Å²) in [6, 6.07) is 0. The number of hydrogen-bond acceptors (Lipinski definition) is 5. The van der Waals surface area contributed by atoms with E-state index < -0.39 is 0 Å². The fourth-order valence-corrected chi connectivity index (χ4v) is 3.58. The summed E-state index contributed by atoms with van der Waals surface area (Å²) in [5.74, 6) is 1.93. The van der Waals surface area contributed by atoms with E-state index in [0.717, 1.165) is 16.8 Å². The number of nitrogens with zero attached hydrogens (tertiary/aromatic N) is 2. The van der Waals surface area contributed by atoms with Crippen LogP contribution in [-0.2, 0) is 0 Å². The Labute approximate surface area is 114 Å². The van der Waals surface area contributed by atoms with Crippen molar-refractivity contribution in [2.45, 2.75) is 37.3 Å². The molecule has 0 amide bonds. The molecule has 0 saturated heterocycles. The minimum absolute atomic E-state index is 0.116. The van der Waals surface area contributed by atoms with Gasteiger partial charge in [-0.3, -0.25) is 9.78 Å². The van der Waals surface area contributed by atoms with E-state index in [2.05, 4.69) is 19.9 Å². The van der Waals surface area contributed by atoms with Crippen LogP contribution < -0.4 is 11.3 Å². The van der Waals surface area contributed by atoms with E-state index in [0.29, 0.717) is 11.2 Å². The van der Waals surface area contributed by atoms with Gasteiger partial charge in [-0.05, 0) is 18.8 Å². The van der Waals surface area contributed by atoms with E-state index in [1.807, 2.05) is 0 Å². The van der Waals surface area contributed by atoms with Gasteiger partial charge in [-0.25, -0.2) is 4.98 Å². The number of anilines is 1. The van der Waals surface area contributed by atoms with Crippen LogP contribution in [0, 0.1) is 5.92 Å². The first-order chi connectivity index (χ1) is 9.22. The standard InChI is InChI=1S/C12H17N5OS/c13-11-15-9-8(10(18)17-11)14-12(16-9)19-6-7-4-2-1-3-5-7/h7H,1-6H2,(H4,13,14,15,16,17,18). The molecular weight excluding hydrogens is 262 g/mol. The third kappa shape index (κ3) is 2.75. The minimum atomic E-state index is -0.289. The van der Waals surface area contributed by atoms with Crippen molar-refractivity contribution in [3.63, 3.8) is 0 Å². The van der Waals surface area contributed by atoms with Crippen LogP contribution in [0.25, 0.3) is 11.2 Å². The van der Waals surface area contributed by atoms with Crippen molar-refractivity contribution in [2.24, 2.45) is 5.92 Å². The number of hydrogen-bond donors (Lipinski definition) is 3. The molecule has 102 valence electrons. The summed E-state index contributed by atoms with van der Waals surface area (Å²) in [5.41, 5.74) is 6.01. The lowest BCUT2D eigenvalue weighted by Crippen LogP contribution is -2.10. The van der Waals surface area contributed by atoms with Crippen molar-refractivity contribution in [3.8, 4) is 0 Å². The molecule has 1 fully saturated rings. The highest BCUT2D eigenvalue weighted by atomic mass is 32.2. The number of nitrogen functional groups attached to an aromatic ring is 1. The Morgan fingerprint density at radius 3 is 2.79 bits per heavy atom. The smallest absolute Gasteiger partial charge is 0.280 e. The fourth-order valence-electron chi connectivity index (χ4n) is 2.53. The average molecular weight is 279 g/mol. The molecule has 2 heterocycles. The normalized spacial score (nSPS) is 17.1. The number of fused-ring (bicyclic) bond motifs is 1. The maximum Gasteiger partial charge on any atom is 0.280 e. The van der Waals surface area contributed by atoms with Gasteiger partial charge in [0, 0.05) is 5.75 Å².